The van der Waals surface area contributed by atoms with Crippen molar-refractivity contribution in [1.82, 2.24) is 0 Å². The normalized spacial score (nSPS) is 20.0. The SMILES string of the molecule is COc1ccc(N2CC(CCO)OCC2=O)cc1. The molecule has 1 aromatic rings. The lowest BCUT2D eigenvalue weighted by atomic mass is 10.2. The zero-order chi connectivity index (χ0) is 13.0. The zero-order valence-corrected chi connectivity index (χ0v) is 10.3. The van der Waals surface area contributed by atoms with Crippen LogP contribution < -0.4 is 9.64 Å². The van der Waals surface area contributed by atoms with Crippen molar-refractivity contribution in [2.45, 2.75) is 12.5 Å². The fourth-order valence-corrected chi connectivity index (χ4v) is 1.96. The predicted molar refractivity (Wildman–Crippen MR) is 66.8 cm³/mol. The minimum absolute atomic E-state index is 0.0608. The third kappa shape index (κ3) is 2.80. The van der Waals surface area contributed by atoms with E-state index in [1.807, 2.05) is 24.3 Å². The van der Waals surface area contributed by atoms with E-state index in [2.05, 4.69) is 0 Å². The van der Waals surface area contributed by atoms with Gasteiger partial charge in [-0.3, -0.25) is 4.79 Å². The summed E-state index contributed by atoms with van der Waals surface area (Å²) in [6.07, 6.45) is 0.440. The Morgan fingerprint density at radius 2 is 2.17 bits per heavy atom. The number of aliphatic hydroxyl groups excluding tert-OH is 1. The molecule has 0 aliphatic carbocycles. The van der Waals surface area contributed by atoms with Crippen molar-refractivity contribution in [2.24, 2.45) is 0 Å². The van der Waals surface area contributed by atoms with Gasteiger partial charge >= 0.3 is 0 Å². The van der Waals surface area contributed by atoms with Gasteiger partial charge in [-0.2, -0.15) is 0 Å². The van der Waals surface area contributed by atoms with Crippen LogP contribution in [0.5, 0.6) is 5.75 Å². The van der Waals surface area contributed by atoms with Gasteiger partial charge in [-0.05, 0) is 30.7 Å². The number of anilines is 1. The van der Waals surface area contributed by atoms with Gasteiger partial charge in [-0.1, -0.05) is 0 Å². The molecular formula is C13H17NO4. The van der Waals surface area contributed by atoms with Gasteiger partial charge in [-0.15, -0.1) is 0 Å². The summed E-state index contributed by atoms with van der Waals surface area (Å²) < 4.78 is 10.4. The van der Waals surface area contributed by atoms with Crippen molar-refractivity contribution in [2.75, 3.05) is 31.8 Å². The number of hydrogen-bond donors (Lipinski definition) is 1. The van der Waals surface area contributed by atoms with Gasteiger partial charge < -0.3 is 19.5 Å². The Morgan fingerprint density at radius 3 is 2.78 bits per heavy atom. The Hall–Kier alpha value is -1.59. The molecule has 1 saturated heterocycles. The first-order valence-corrected chi connectivity index (χ1v) is 5.91. The number of hydrogen-bond acceptors (Lipinski definition) is 4. The van der Waals surface area contributed by atoms with E-state index in [0.717, 1.165) is 11.4 Å². The molecular weight excluding hydrogens is 234 g/mol. The first-order valence-electron chi connectivity index (χ1n) is 5.91. The summed E-state index contributed by atoms with van der Waals surface area (Å²) >= 11 is 0. The molecule has 2 rings (SSSR count). The first kappa shape index (κ1) is 12.9. The van der Waals surface area contributed by atoms with Crippen molar-refractivity contribution in [3.8, 4) is 5.75 Å². The highest BCUT2D eigenvalue weighted by molar-refractivity contribution is 5.95. The average Bonchev–Trinajstić information content (AvgIpc) is 2.41. The minimum Gasteiger partial charge on any atom is -0.497 e. The third-order valence-corrected chi connectivity index (χ3v) is 2.96. The van der Waals surface area contributed by atoms with Crippen LogP contribution in [0.4, 0.5) is 5.69 Å². The van der Waals surface area contributed by atoms with Crippen LogP contribution in [0.3, 0.4) is 0 Å². The van der Waals surface area contributed by atoms with Crippen molar-refractivity contribution in [3.05, 3.63) is 24.3 Å². The summed E-state index contributed by atoms with van der Waals surface area (Å²) in [7, 11) is 1.60. The molecule has 1 N–H and O–H groups in total. The Morgan fingerprint density at radius 1 is 1.44 bits per heavy atom. The summed E-state index contributed by atoms with van der Waals surface area (Å²) in [6, 6.07) is 7.33. The third-order valence-electron chi connectivity index (χ3n) is 2.96. The van der Waals surface area contributed by atoms with Crippen LogP contribution in [-0.2, 0) is 9.53 Å². The lowest BCUT2D eigenvalue weighted by Gasteiger charge is -2.32. The van der Waals surface area contributed by atoms with Gasteiger partial charge in [0.05, 0.1) is 19.8 Å². The Balaban J connectivity index is 2.11. The van der Waals surface area contributed by atoms with Crippen LogP contribution in [-0.4, -0.2) is 44.0 Å². The second kappa shape index (κ2) is 5.84. The Kier molecular flexibility index (Phi) is 4.17. The van der Waals surface area contributed by atoms with E-state index < -0.39 is 0 Å². The molecule has 18 heavy (non-hydrogen) atoms. The van der Waals surface area contributed by atoms with Crippen molar-refractivity contribution in [1.29, 1.82) is 0 Å². The quantitative estimate of drug-likeness (QED) is 0.860. The van der Waals surface area contributed by atoms with Crippen molar-refractivity contribution in [3.63, 3.8) is 0 Å². The largest absolute Gasteiger partial charge is 0.497 e. The zero-order valence-electron chi connectivity index (χ0n) is 10.3. The van der Waals surface area contributed by atoms with E-state index in [4.69, 9.17) is 14.6 Å². The summed E-state index contributed by atoms with van der Waals surface area (Å²) in [6.45, 7) is 0.609. The summed E-state index contributed by atoms with van der Waals surface area (Å²) in [4.78, 5) is 13.5. The molecule has 1 atom stereocenters. The molecule has 1 aliphatic heterocycles. The monoisotopic (exact) mass is 251 g/mol. The molecule has 0 aromatic heterocycles. The highest BCUT2D eigenvalue weighted by Crippen LogP contribution is 2.22. The number of nitrogens with zero attached hydrogens (tertiary/aromatic N) is 1. The van der Waals surface area contributed by atoms with Gasteiger partial charge in [0.2, 0.25) is 0 Å². The summed E-state index contributed by atoms with van der Waals surface area (Å²) in [5, 5.41) is 8.91. The topological polar surface area (TPSA) is 59.0 Å². The minimum atomic E-state index is -0.102. The number of morpholine rings is 1. The standard InChI is InChI=1S/C13H17NO4/c1-17-11-4-2-10(3-5-11)14-8-12(6-7-15)18-9-13(14)16/h2-5,12,15H,6-9H2,1H3. The molecule has 1 aliphatic rings. The lowest BCUT2D eigenvalue weighted by molar-refractivity contribution is -0.129. The Labute approximate surface area is 106 Å². The van der Waals surface area contributed by atoms with Crippen LogP contribution in [0, 0.1) is 0 Å². The van der Waals surface area contributed by atoms with Crippen LogP contribution in [0.25, 0.3) is 0 Å². The highest BCUT2D eigenvalue weighted by atomic mass is 16.5. The second-order valence-corrected chi connectivity index (χ2v) is 4.15. The fourth-order valence-electron chi connectivity index (χ4n) is 1.96. The number of methoxy groups -OCH3 is 1. The first-order chi connectivity index (χ1) is 8.74. The summed E-state index contributed by atoms with van der Waals surface area (Å²) in [5.74, 6) is 0.695. The van der Waals surface area contributed by atoms with Gasteiger partial charge in [0.1, 0.15) is 12.4 Å². The molecule has 1 unspecified atom stereocenters. The number of benzene rings is 1. The van der Waals surface area contributed by atoms with E-state index in [-0.39, 0.29) is 25.2 Å². The smallest absolute Gasteiger partial charge is 0.253 e. The van der Waals surface area contributed by atoms with Crippen LogP contribution in [0.1, 0.15) is 6.42 Å². The van der Waals surface area contributed by atoms with Crippen LogP contribution >= 0.6 is 0 Å². The average molecular weight is 251 g/mol. The number of ether oxygens (including phenoxy) is 2. The fraction of sp³-hybridized carbons (Fsp3) is 0.462. The van der Waals surface area contributed by atoms with Crippen LogP contribution in [0.2, 0.25) is 0 Å². The molecule has 0 spiro atoms. The molecule has 0 bridgehead atoms. The number of rotatable bonds is 4. The maximum absolute atomic E-state index is 11.8. The van der Waals surface area contributed by atoms with E-state index in [0.29, 0.717) is 13.0 Å². The number of carbonyl (C=O) groups excluding carboxylic acids is 1. The lowest BCUT2D eigenvalue weighted by Crippen LogP contribution is -2.47. The maximum atomic E-state index is 11.8. The molecule has 0 radical (unpaired) electrons. The van der Waals surface area contributed by atoms with E-state index >= 15 is 0 Å². The van der Waals surface area contributed by atoms with Gasteiger partial charge in [0.15, 0.2) is 0 Å². The van der Waals surface area contributed by atoms with Crippen molar-refractivity contribution >= 4 is 11.6 Å². The van der Waals surface area contributed by atoms with E-state index in [1.165, 1.54) is 0 Å². The Bertz CT molecular complexity index is 404. The van der Waals surface area contributed by atoms with Gasteiger partial charge in [-0.25, -0.2) is 0 Å². The van der Waals surface area contributed by atoms with Crippen molar-refractivity contribution < 1.29 is 19.4 Å². The molecule has 5 heteroatoms. The highest BCUT2D eigenvalue weighted by Gasteiger charge is 2.26. The predicted octanol–water partition coefficient (Wildman–Crippen LogP) is 0.809. The number of aliphatic hydroxyl groups is 1. The molecule has 0 saturated carbocycles. The number of amides is 1. The molecule has 1 fully saturated rings. The van der Waals surface area contributed by atoms with E-state index in [9.17, 15) is 4.79 Å². The molecule has 98 valence electrons. The summed E-state index contributed by atoms with van der Waals surface area (Å²) in [5.41, 5.74) is 0.826. The van der Waals surface area contributed by atoms with Gasteiger partial charge in [0, 0.05) is 12.3 Å². The van der Waals surface area contributed by atoms with Gasteiger partial charge in [0.25, 0.3) is 5.91 Å². The molecule has 1 amide bonds. The second-order valence-electron chi connectivity index (χ2n) is 4.15. The number of carbonyl (C=O) groups is 1. The molecule has 1 aromatic carbocycles. The molecule has 1 heterocycles. The molecule has 5 nitrogen and oxygen atoms in total. The maximum Gasteiger partial charge on any atom is 0.253 e. The van der Waals surface area contributed by atoms with Crippen LogP contribution in [0.15, 0.2) is 24.3 Å². The van der Waals surface area contributed by atoms with E-state index in [1.54, 1.807) is 12.0 Å².